The van der Waals surface area contributed by atoms with Gasteiger partial charge in [0.05, 0.1) is 0 Å². The van der Waals surface area contributed by atoms with E-state index in [9.17, 15) is 0 Å². The lowest BCUT2D eigenvalue weighted by atomic mass is 10.0. The standard InChI is InChI=1S/C16H16Cl2/c1-2-12-5-3-6-13(11-12)9-10-14-15(17)7-4-8-16(14)18/h3-8,11H,2,9-10H2,1H3. The van der Waals surface area contributed by atoms with Crippen LogP contribution in [0.25, 0.3) is 0 Å². The van der Waals surface area contributed by atoms with E-state index in [1.807, 2.05) is 18.2 Å². The molecule has 0 unspecified atom stereocenters. The summed E-state index contributed by atoms with van der Waals surface area (Å²) in [5, 5.41) is 1.52. The quantitative estimate of drug-likeness (QED) is 0.708. The molecule has 0 aromatic heterocycles. The predicted octanol–water partition coefficient (Wildman–Crippen LogP) is 5.34. The summed E-state index contributed by atoms with van der Waals surface area (Å²) in [6.07, 6.45) is 2.92. The van der Waals surface area contributed by atoms with Crippen LogP contribution in [-0.4, -0.2) is 0 Å². The first kappa shape index (κ1) is 13.5. The number of aryl methyl sites for hydroxylation is 2. The molecule has 0 N–H and O–H groups in total. The van der Waals surface area contributed by atoms with E-state index in [1.54, 1.807) is 0 Å². The maximum Gasteiger partial charge on any atom is 0.0452 e. The van der Waals surface area contributed by atoms with Crippen molar-refractivity contribution >= 4 is 23.2 Å². The second-order valence-electron chi connectivity index (χ2n) is 4.37. The van der Waals surface area contributed by atoms with Crippen molar-refractivity contribution in [3.05, 3.63) is 69.2 Å². The minimum atomic E-state index is 0.758. The Morgan fingerprint density at radius 3 is 2.11 bits per heavy atom. The molecule has 0 aliphatic rings. The Labute approximate surface area is 119 Å². The molecule has 0 atom stereocenters. The molecule has 0 nitrogen and oxygen atoms in total. The average Bonchev–Trinajstić information content (AvgIpc) is 2.38. The van der Waals surface area contributed by atoms with E-state index in [-0.39, 0.29) is 0 Å². The molecule has 0 saturated heterocycles. The lowest BCUT2D eigenvalue weighted by molar-refractivity contribution is 0.954. The van der Waals surface area contributed by atoms with Crippen molar-refractivity contribution in [2.45, 2.75) is 26.2 Å². The summed E-state index contributed by atoms with van der Waals surface area (Å²) in [4.78, 5) is 0. The second-order valence-corrected chi connectivity index (χ2v) is 5.19. The van der Waals surface area contributed by atoms with Gasteiger partial charge in [-0.05, 0) is 48.1 Å². The highest BCUT2D eigenvalue weighted by molar-refractivity contribution is 6.35. The van der Waals surface area contributed by atoms with Crippen molar-refractivity contribution in [2.24, 2.45) is 0 Å². The Balaban J connectivity index is 2.11. The van der Waals surface area contributed by atoms with Crippen LogP contribution in [-0.2, 0) is 19.3 Å². The Morgan fingerprint density at radius 1 is 0.833 bits per heavy atom. The molecule has 2 aromatic rings. The van der Waals surface area contributed by atoms with Crippen LogP contribution in [0.5, 0.6) is 0 Å². The van der Waals surface area contributed by atoms with Crippen molar-refractivity contribution in [2.75, 3.05) is 0 Å². The van der Waals surface area contributed by atoms with Gasteiger partial charge in [0.15, 0.2) is 0 Å². The molecule has 2 rings (SSSR count). The molecule has 2 heteroatoms. The van der Waals surface area contributed by atoms with Gasteiger partial charge in [-0.2, -0.15) is 0 Å². The fourth-order valence-electron chi connectivity index (χ4n) is 2.05. The lowest BCUT2D eigenvalue weighted by Crippen LogP contribution is -1.94. The molecule has 0 bridgehead atoms. The summed E-state index contributed by atoms with van der Waals surface area (Å²) in [5.41, 5.74) is 3.76. The molecule has 0 saturated carbocycles. The van der Waals surface area contributed by atoms with Crippen molar-refractivity contribution in [3.63, 3.8) is 0 Å². The van der Waals surface area contributed by atoms with Gasteiger partial charge in [0.25, 0.3) is 0 Å². The predicted molar refractivity (Wildman–Crippen MR) is 79.7 cm³/mol. The molecular weight excluding hydrogens is 263 g/mol. The zero-order chi connectivity index (χ0) is 13.0. The first-order chi connectivity index (χ1) is 8.70. The Bertz CT molecular complexity index is 512. The summed E-state index contributed by atoms with van der Waals surface area (Å²) in [6.45, 7) is 2.17. The molecule has 0 fully saturated rings. The van der Waals surface area contributed by atoms with E-state index in [1.165, 1.54) is 11.1 Å². The topological polar surface area (TPSA) is 0 Å². The third-order valence-electron chi connectivity index (χ3n) is 3.13. The summed E-state index contributed by atoms with van der Waals surface area (Å²) >= 11 is 12.3. The monoisotopic (exact) mass is 278 g/mol. The van der Waals surface area contributed by atoms with Gasteiger partial charge in [0.2, 0.25) is 0 Å². The van der Waals surface area contributed by atoms with Gasteiger partial charge >= 0.3 is 0 Å². The molecule has 0 aliphatic heterocycles. The number of hydrogen-bond acceptors (Lipinski definition) is 0. The summed E-state index contributed by atoms with van der Waals surface area (Å²) in [6, 6.07) is 14.4. The zero-order valence-corrected chi connectivity index (χ0v) is 11.9. The molecule has 0 aliphatic carbocycles. The second kappa shape index (κ2) is 6.26. The van der Waals surface area contributed by atoms with Crippen LogP contribution in [0.15, 0.2) is 42.5 Å². The minimum absolute atomic E-state index is 0.758. The van der Waals surface area contributed by atoms with Crippen LogP contribution in [0.3, 0.4) is 0 Å². The molecule has 0 spiro atoms. The highest BCUT2D eigenvalue weighted by Crippen LogP contribution is 2.25. The molecule has 0 amide bonds. The van der Waals surface area contributed by atoms with Gasteiger partial charge in [0, 0.05) is 10.0 Å². The van der Waals surface area contributed by atoms with Crippen LogP contribution in [0, 0.1) is 0 Å². The van der Waals surface area contributed by atoms with E-state index < -0.39 is 0 Å². The van der Waals surface area contributed by atoms with Crippen LogP contribution in [0.1, 0.15) is 23.6 Å². The number of rotatable bonds is 4. The number of hydrogen-bond donors (Lipinski definition) is 0. The molecular formula is C16H16Cl2. The Morgan fingerprint density at radius 2 is 1.44 bits per heavy atom. The summed E-state index contributed by atoms with van der Waals surface area (Å²) < 4.78 is 0. The van der Waals surface area contributed by atoms with Crippen molar-refractivity contribution < 1.29 is 0 Å². The van der Waals surface area contributed by atoms with E-state index in [0.29, 0.717) is 0 Å². The van der Waals surface area contributed by atoms with Crippen LogP contribution in [0.2, 0.25) is 10.0 Å². The molecule has 0 radical (unpaired) electrons. The molecule has 18 heavy (non-hydrogen) atoms. The fraction of sp³-hybridized carbons (Fsp3) is 0.250. The molecule has 94 valence electrons. The first-order valence-corrected chi connectivity index (χ1v) is 6.97. The van der Waals surface area contributed by atoms with E-state index >= 15 is 0 Å². The smallest absolute Gasteiger partial charge is 0.0452 e. The fourth-order valence-corrected chi connectivity index (χ4v) is 2.63. The van der Waals surface area contributed by atoms with E-state index in [0.717, 1.165) is 34.9 Å². The lowest BCUT2D eigenvalue weighted by Gasteiger charge is -2.07. The highest BCUT2D eigenvalue weighted by atomic mass is 35.5. The van der Waals surface area contributed by atoms with Crippen LogP contribution < -0.4 is 0 Å². The largest absolute Gasteiger partial charge is 0.0840 e. The van der Waals surface area contributed by atoms with Crippen LogP contribution >= 0.6 is 23.2 Å². The Kier molecular flexibility index (Phi) is 4.68. The average molecular weight is 279 g/mol. The van der Waals surface area contributed by atoms with Crippen molar-refractivity contribution in [1.29, 1.82) is 0 Å². The van der Waals surface area contributed by atoms with Crippen molar-refractivity contribution in [1.82, 2.24) is 0 Å². The van der Waals surface area contributed by atoms with Gasteiger partial charge in [-0.3, -0.25) is 0 Å². The zero-order valence-electron chi connectivity index (χ0n) is 10.4. The third-order valence-corrected chi connectivity index (χ3v) is 3.83. The highest BCUT2D eigenvalue weighted by Gasteiger charge is 2.05. The maximum absolute atomic E-state index is 6.17. The van der Waals surface area contributed by atoms with E-state index in [2.05, 4.69) is 31.2 Å². The Hall–Kier alpha value is -0.980. The third kappa shape index (κ3) is 3.28. The first-order valence-electron chi connectivity index (χ1n) is 6.21. The molecule has 0 heterocycles. The van der Waals surface area contributed by atoms with Crippen LogP contribution in [0.4, 0.5) is 0 Å². The normalized spacial score (nSPS) is 10.6. The van der Waals surface area contributed by atoms with Gasteiger partial charge in [-0.15, -0.1) is 0 Å². The van der Waals surface area contributed by atoms with E-state index in [4.69, 9.17) is 23.2 Å². The van der Waals surface area contributed by atoms with Crippen molar-refractivity contribution in [3.8, 4) is 0 Å². The summed E-state index contributed by atoms with van der Waals surface area (Å²) in [7, 11) is 0. The van der Waals surface area contributed by atoms with Gasteiger partial charge in [-0.1, -0.05) is 60.5 Å². The van der Waals surface area contributed by atoms with Gasteiger partial charge in [0.1, 0.15) is 0 Å². The van der Waals surface area contributed by atoms with Gasteiger partial charge < -0.3 is 0 Å². The number of halogens is 2. The number of benzene rings is 2. The molecule has 2 aromatic carbocycles. The maximum atomic E-state index is 6.17. The minimum Gasteiger partial charge on any atom is -0.0840 e. The SMILES string of the molecule is CCc1cccc(CCc2c(Cl)cccc2Cl)c1. The summed E-state index contributed by atoms with van der Waals surface area (Å²) in [5.74, 6) is 0. The van der Waals surface area contributed by atoms with Gasteiger partial charge in [-0.25, -0.2) is 0 Å².